The Balaban J connectivity index is 2.02. The van der Waals surface area contributed by atoms with Crippen LogP contribution in [0, 0.1) is 0 Å². The molecule has 7 nitrogen and oxygen atoms in total. The fourth-order valence-corrected chi connectivity index (χ4v) is 2.10. The van der Waals surface area contributed by atoms with Gasteiger partial charge in [-0.3, -0.25) is 4.79 Å². The van der Waals surface area contributed by atoms with Crippen LogP contribution in [0.4, 0.5) is 5.82 Å². The third-order valence-corrected chi connectivity index (χ3v) is 3.26. The molecule has 2 aromatic rings. The molecule has 0 atom stereocenters. The standard InChI is InChI=1S/C15H20N4O3/c1-19(9-13(20)16-8-14(21-2)22-3)15-11-6-4-5-7-12(11)17-10-18-15/h4-7,10,14H,8-9H2,1-3H3,(H,16,20). The molecule has 0 aliphatic rings. The number of rotatable bonds is 7. The highest BCUT2D eigenvalue weighted by atomic mass is 16.7. The second-order valence-electron chi connectivity index (χ2n) is 4.78. The van der Waals surface area contributed by atoms with E-state index >= 15 is 0 Å². The third-order valence-electron chi connectivity index (χ3n) is 3.26. The number of benzene rings is 1. The Morgan fingerprint density at radius 3 is 2.73 bits per heavy atom. The summed E-state index contributed by atoms with van der Waals surface area (Å²) in [5, 5.41) is 3.67. The Bertz CT molecular complexity index is 626. The zero-order valence-electron chi connectivity index (χ0n) is 12.9. The number of likely N-dealkylation sites (N-methyl/N-ethyl adjacent to an activating group) is 1. The molecule has 0 aliphatic heterocycles. The number of hydrogen-bond donors (Lipinski definition) is 1. The van der Waals surface area contributed by atoms with Gasteiger partial charge in [0.1, 0.15) is 12.1 Å². The van der Waals surface area contributed by atoms with E-state index in [1.54, 1.807) is 4.90 Å². The smallest absolute Gasteiger partial charge is 0.239 e. The number of aromatic nitrogens is 2. The van der Waals surface area contributed by atoms with E-state index in [2.05, 4.69) is 15.3 Å². The number of para-hydroxylation sites is 1. The zero-order valence-corrected chi connectivity index (χ0v) is 12.9. The molecular weight excluding hydrogens is 284 g/mol. The van der Waals surface area contributed by atoms with Crippen molar-refractivity contribution >= 4 is 22.6 Å². The molecule has 2 rings (SSSR count). The van der Waals surface area contributed by atoms with Crippen molar-refractivity contribution in [3.8, 4) is 0 Å². The molecule has 1 amide bonds. The lowest BCUT2D eigenvalue weighted by Crippen LogP contribution is -2.40. The topological polar surface area (TPSA) is 76.6 Å². The lowest BCUT2D eigenvalue weighted by Gasteiger charge is -2.20. The maximum absolute atomic E-state index is 12.0. The summed E-state index contributed by atoms with van der Waals surface area (Å²) in [6.45, 7) is 0.478. The van der Waals surface area contributed by atoms with Crippen LogP contribution in [0.2, 0.25) is 0 Å². The fraction of sp³-hybridized carbons (Fsp3) is 0.400. The third kappa shape index (κ3) is 3.90. The largest absolute Gasteiger partial charge is 0.354 e. The van der Waals surface area contributed by atoms with Gasteiger partial charge < -0.3 is 19.7 Å². The van der Waals surface area contributed by atoms with Gasteiger partial charge in [0, 0.05) is 26.7 Å². The van der Waals surface area contributed by atoms with Crippen LogP contribution in [0.3, 0.4) is 0 Å². The van der Waals surface area contributed by atoms with E-state index in [-0.39, 0.29) is 12.5 Å². The Hall–Kier alpha value is -2.25. The number of carbonyl (C=O) groups is 1. The number of nitrogens with zero attached hydrogens (tertiary/aromatic N) is 3. The Labute approximate surface area is 129 Å². The molecule has 118 valence electrons. The van der Waals surface area contributed by atoms with Crippen molar-refractivity contribution in [1.82, 2.24) is 15.3 Å². The minimum atomic E-state index is -0.450. The summed E-state index contributed by atoms with van der Waals surface area (Å²) in [7, 11) is 4.87. The van der Waals surface area contributed by atoms with Gasteiger partial charge in [0.2, 0.25) is 5.91 Å². The van der Waals surface area contributed by atoms with Gasteiger partial charge in [0.15, 0.2) is 6.29 Å². The minimum Gasteiger partial charge on any atom is -0.354 e. The first-order valence-corrected chi connectivity index (χ1v) is 6.89. The first-order chi connectivity index (χ1) is 10.7. The molecule has 22 heavy (non-hydrogen) atoms. The normalized spacial score (nSPS) is 10.9. The van der Waals surface area contributed by atoms with Crippen molar-refractivity contribution in [1.29, 1.82) is 0 Å². The van der Waals surface area contributed by atoms with Gasteiger partial charge >= 0.3 is 0 Å². The number of ether oxygens (including phenoxy) is 2. The maximum Gasteiger partial charge on any atom is 0.239 e. The van der Waals surface area contributed by atoms with Crippen LogP contribution in [0.1, 0.15) is 0 Å². The lowest BCUT2D eigenvalue weighted by atomic mass is 10.2. The quantitative estimate of drug-likeness (QED) is 0.763. The van der Waals surface area contributed by atoms with Crippen molar-refractivity contribution in [2.24, 2.45) is 0 Å². The molecule has 0 bridgehead atoms. The second kappa shape index (κ2) is 7.67. The predicted octanol–water partition coefficient (Wildman–Crippen LogP) is 0.801. The van der Waals surface area contributed by atoms with Gasteiger partial charge in [-0.15, -0.1) is 0 Å². The highest BCUT2D eigenvalue weighted by Crippen LogP contribution is 2.20. The number of carbonyl (C=O) groups excluding carboxylic acids is 1. The van der Waals surface area contributed by atoms with Crippen LogP contribution < -0.4 is 10.2 Å². The summed E-state index contributed by atoms with van der Waals surface area (Å²) < 4.78 is 10.1. The molecule has 1 N–H and O–H groups in total. The van der Waals surface area contributed by atoms with Crippen molar-refractivity contribution in [2.45, 2.75) is 6.29 Å². The molecule has 7 heteroatoms. The minimum absolute atomic E-state index is 0.135. The average Bonchev–Trinajstić information content (AvgIpc) is 2.55. The van der Waals surface area contributed by atoms with Gasteiger partial charge in [-0.1, -0.05) is 12.1 Å². The summed E-state index contributed by atoms with van der Waals surface area (Å²) >= 11 is 0. The van der Waals surface area contributed by atoms with E-state index in [9.17, 15) is 4.79 Å². The van der Waals surface area contributed by atoms with Gasteiger partial charge in [-0.25, -0.2) is 9.97 Å². The van der Waals surface area contributed by atoms with Crippen LogP contribution in [-0.4, -0.2) is 56.5 Å². The summed E-state index contributed by atoms with van der Waals surface area (Å²) in [5.74, 6) is 0.583. The van der Waals surface area contributed by atoms with Gasteiger partial charge in [-0.05, 0) is 12.1 Å². The number of amides is 1. The van der Waals surface area contributed by atoms with Crippen LogP contribution in [0.15, 0.2) is 30.6 Å². The maximum atomic E-state index is 12.0. The van der Waals surface area contributed by atoms with Crippen LogP contribution in [0.5, 0.6) is 0 Å². The molecule has 1 aromatic carbocycles. The van der Waals surface area contributed by atoms with E-state index in [1.807, 2.05) is 31.3 Å². The average molecular weight is 304 g/mol. The summed E-state index contributed by atoms with van der Waals surface area (Å²) in [4.78, 5) is 22.3. The van der Waals surface area contributed by atoms with E-state index in [4.69, 9.17) is 9.47 Å². The molecule has 0 unspecified atom stereocenters. The Morgan fingerprint density at radius 2 is 2.00 bits per heavy atom. The molecule has 0 saturated heterocycles. The molecule has 1 heterocycles. The highest BCUT2D eigenvalue weighted by Gasteiger charge is 2.13. The van der Waals surface area contributed by atoms with E-state index in [0.717, 1.165) is 16.7 Å². The first-order valence-electron chi connectivity index (χ1n) is 6.89. The van der Waals surface area contributed by atoms with E-state index in [0.29, 0.717) is 6.54 Å². The molecule has 0 saturated carbocycles. The fourth-order valence-electron chi connectivity index (χ4n) is 2.10. The van der Waals surface area contributed by atoms with Crippen molar-refractivity contribution in [2.75, 3.05) is 39.3 Å². The number of nitrogens with one attached hydrogen (secondary N) is 1. The van der Waals surface area contributed by atoms with Gasteiger partial charge in [0.05, 0.1) is 18.6 Å². The van der Waals surface area contributed by atoms with Crippen molar-refractivity contribution in [3.05, 3.63) is 30.6 Å². The zero-order chi connectivity index (χ0) is 15.9. The first kappa shape index (κ1) is 16.1. The van der Waals surface area contributed by atoms with Crippen LogP contribution >= 0.6 is 0 Å². The number of hydrogen-bond acceptors (Lipinski definition) is 6. The van der Waals surface area contributed by atoms with E-state index < -0.39 is 6.29 Å². The molecule has 0 radical (unpaired) electrons. The van der Waals surface area contributed by atoms with Crippen LogP contribution in [0.25, 0.3) is 10.9 Å². The van der Waals surface area contributed by atoms with Crippen molar-refractivity contribution in [3.63, 3.8) is 0 Å². The second-order valence-corrected chi connectivity index (χ2v) is 4.78. The SMILES string of the molecule is COC(CNC(=O)CN(C)c1ncnc2ccccc12)OC. The Kier molecular flexibility index (Phi) is 5.62. The molecule has 0 aliphatic carbocycles. The predicted molar refractivity (Wildman–Crippen MR) is 83.6 cm³/mol. The summed E-state index contributed by atoms with van der Waals surface area (Å²) in [5.41, 5.74) is 0.846. The number of methoxy groups -OCH3 is 2. The van der Waals surface area contributed by atoms with Crippen molar-refractivity contribution < 1.29 is 14.3 Å². The molecule has 1 aromatic heterocycles. The van der Waals surface area contributed by atoms with Gasteiger partial charge in [-0.2, -0.15) is 0 Å². The number of fused-ring (bicyclic) bond motifs is 1. The summed E-state index contributed by atoms with van der Waals surface area (Å²) in [6.07, 6.45) is 1.05. The van der Waals surface area contributed by atoms with E-state index in [1.165, 1.54) is 20.5 Å². The van der Waals surface area contributed by atoms with Crippen LogP contribution in [-0.2, 0) is 14.3 Å². The van der Waals surface area contributed by atoms with Gasteiger partial charge in [0.25, 0.3) is 0 Å². The lowest BCUT2D eigenvalue weighted by molar-refractivity contribution is -0.126. The molecule has 0 fully saturated rings. The Morgan fingerprint density at radius 1 is 1.27 bits per heavy atom. The molecular formula is C15H20N4O3. The summed E-state index contributed by atoms with van der Waals surface area (Å²) in [6, 6.07) is 7.69. The monoisotopic (exact) mass is 304 g/mol. The molecule has 0 spiro atoms. The number of anilines is 1. The highest BCUT2D eigenvalue weighted by molar-refractivity contribution is 5.91.